The molecule has 0 bridgehead atoms. The molecule has 154 valence electrons. The lowest BCUT2D eigenvalue weighted by Crippen LogP contribution is -2.38. The van der Waals surface area contributed by atoms with Crippen LogP contribution in [0.1, 0.15) is 26.7 Å². The summed E-state index contributed by atoms with van der Waals surface area (Å²) in [6, 6.07) is 0.0612. The summed E-state index contributed by atoms with van der Waals surface area (Å²) in [6.45, 7) is 3.91. The van der Waals surface area contributed by atoms with Gasteiger partial charge in [0.1, 0.15) is 5.76 Å². The van der Waals surface area contributed by atoms with Crippen LogP contribution in [-0.4, -0.2) is 48.6 Å². The number of methoxy groups -OCH3 is 1. The molecular formula is C20H23Cl2F2NO3. The van der Waals surface area contributed by atoms with E-state index in [-0.39, 0.29) is 23.1 Å². The van der Waals surface area contributed by atoms with E-state index in [9.17, 15) is 13.6 Å². The molecule has 0 aromatic heterocycles. The predicted octanol–water partition coefficient (Wildman–Crippen LogP) is 4.75. The third-order valence-electron chi connectivity index (χ3n) is 5.26. The molecular weight excluding hydrogens is 411 g/mol. The highest BCUT2D eigenvalue weighted by Crippen LogP contribution is 2.39. The lowest BCUT2D eigenvalue weighted by Gasteiger charge is -2.33. The van der Waals surface area contributed by atoms with Crippen LogP contribution in [0.2, 0.25) is 0 Å². The van der Waals surface area contributed by atoms with Gasteiger partial charge in [0.2, 0.25) is 0 Å². The van der Waals surface area contributed by atoms with Gasteiger partial charge >= 0.3 is 12.1 Å². The van der Waals surface area contributed by atoms with Gasteiger partial charge in [-0.05, 0) is 44.0 Å². The minimum Gasteiger partial charge on any atom is -0.465 e. The highest BCUT2D eigenvalue weighted by Gasteiger charge is 2.39. The van der Waals surface area contributed by atoms with Crippen LogP contribution in [0.15, 0.2) is 45.7 Å². The first-order chi connectivity index (χ1) is 13.1. The lowest BCUT2D eigenvalue weighted by atomic mass is 9.89. The van der Waals surface area contributed by atoms with Crippen molar-refractivity contribution < 1.29 is 23.0 Å². The molecule has 1 saturated heterocycles. The van der Waals surface area contributed by atoms with Crippen LogP contribution >= 0.6 is 23.2 Å². The van der Waals surface area contributed by atoms with Gasteiger partial charge in [-0.15, -0.1) is 11.6 Å². The molecule has 0 amide bonds. The van der Waals surface area contributed by atoms with Crippen molar-refractivity contribution in [3.63, 3.8) is 0 Å². The van der Waals surface area contributed by atoms with Gasteiger partial charge in [0.25, 0.3) is 0 Å². The van der Waals surface area contributed by atoms with Crippen molar-refractivity contribution in [2.75, 3.05) is 20.2 Å². The third kappa shape index (κ3) is 4.44. The summed E-state index contributed by atoms with van der Waals surface area (Å²) in [5.41, 5.74) is 2.07. The minimum absolute atomic E-state index is 0.0612. The Labute approximate surface area is 173 Å². The molecule has 3 unspecified atom stereocenters. The van der Waals surface area contributed by atoms with E-state index in [0.717, 1.165) is 31.0 Å². The number of ether oxygens (including phenoxy) is 2. The third-order valence-corrected chi connectivity index (χ3v) is 6.15. The molecule has 2 aliphatic carbocycles. The van der Waals surface area contributed by atoms with E-state index in [4.69, 9.17) is 32.7 Å². The Hall–Kier alpha value is -1.37. The van der Waals surface area contributed by atoms with Gasteiger partial charge in [-0.3, -0.25) is 4.90 Å². The maximum atomic E-state index is 13.2. The topological polar surface area (TPSA) is 38.8 Å². The number of carbonyl (C=O) groups is 1. The fourth-order valence-corrected chi connectivity index (χ4v) is 4.80. The monoisotopic (exact) mass is 433 g/mol. The molecule has 3 aliphatic rings. The van der Waals surface area contributed by atoms with Crippen molar-refractivity contribution in [3.05, 3.63) is 45.7 Å². The van der Waals surface area contributed by atoms with Crippen LogP contribution in [0.5, 0.6) is 0 Å². The van der Waals surface area contributed by atoms with Gasteiger partial charge in [0.05, 0.1) is 23.1 Å². The average molecular weight is 434 g/mol. The van der Waals surface area contributed by atoms with Crippen molar-refractivity contribution in [1.29, 1.82) is 0 Å². The van der Waals surface area contributed by atoms with Crippen LogP contribution in [0, 0.1) is 5.92 Å². The van der Waals surface area contributed by atoms with Gasteiger partial charge < -0.3 is 9.47 Å². The Balaban J connectivity index is 1.79. The van der Waals surface area contributed by atoms with Crippen LogP contribution in [0.25, 0.3) is 0 Å². The Kier molecular flexibility index (Phi) is 6.23. The van der Waals surface area contributed by atoms with Gasteiger partial charge in [0.15, 0.2) is 0 Å². The van der Waals surface area contributed by atoms with Crippen molar-refractivity contribution in [2.24, 2.45) is 5.92 Å². The molecule has 4 nitrogen and oxygen atoms in total. The molecule has 1 heterocycles. The summed E-state index contributed by atoms with van der Waals surface area (Å²) < 4.78 is 35.9. The second-order valence-corrected chi connectivity index (χ2v) is 8.29. The van der Waals surface area contributed by atoms with Crippen molar-refractivity contribution in [1.82, 2.24) is 4.90 Å². The summed E-state index contributed by atoms with van der Waals surface area (Å²) >= 11 is 13.0. The number of esters is 1. The van der Waals surface area contributed by atoms with Gasteiger partial charge in [0, 0.05) is 25.4 Å². The zero-order chi connectivity index (χ0) is 20.6. The largest absolute Gasteiger partial charge is 0.465 e. The van der Waals surface area contributed by atoms with Crippen molar-refractivity contribution in [3.8, 4) is 0 Å². The quantitative estimate of drug-likeness (QED) is 0.463. The molecule has 0 aromatic rings. The van der Waals surface area contributed by atoms with Crippen LogP contribution in [0.3, 0.4) is 0 Å². The Morgan fingerprint density at radius 1 is 1.43 bits per heavy atom. The molecule has 0 aromatic carbocycles. The lowest BCUT2D eigenvalue weighted by molar-refractivity contribution is -0.195. The molecule has 28 heavy (non-hydrogen) atoms. The summed E-state index contributed by atoms with van der Waals surface area (Å²) in [5.74, 6) is -0.201. The van der Waals surface area contributed by atoms with E-state index < -0.39 is 12.1 Å². The Morgan fingerprint density at radius 2 is 2.14 bits per heavy atom. The summed E-state index contributed by atoms with van der Waals surface area (Å²) in [7, 11) is 1.31. The zero-order valence-electron chi connectivity index (χ0n) is 16.0. The highest BCUT2D eigenvalue weighted by atomic mass is 35.5. The van der Waals surface area contributed by atoms with E-state index in [2.05, 4.69) is 4.90 Å². The standard InChI is InChI=1S/C20H23Cl2F2NO3/c1-11-8-13(28-20(2,23)24)9-12-6-7-25(18(11)12)10-15-16(21)5-4-14(17(15)22)19(26)27-3/h4,8-9,12,16,18H,5-7,10H2,1-3H3. The Morgan fingerprint density at radius 3 is 2.79 bits per heavy atom. The van der Waals surface area contributed by atoms with E-state index in [1.165, 1.54) is 7.11 Å². The van der Waals surface area contributed by atoms with Crippen LogP contribution < -0.4 is 0 Å². The first kappa shape index (κ1) is 21.3. The normalized spacial score (nSPS) is 28.4. The number of hydrogen-bond acceptors (Lipinski definition) is 4. The molecule has 1 aliphatic heterocycles. The average Bonchev–Trinajstić information content (AvgIpc) is 2.99. The van der Waals surface area contributed by atoms with E-state index >= 15 is 0 Å². The number of nitrogens with zero attached hydrogens (tertiary/aromatic N) is 1. The number of alkyl halides is 3. The number of carbonyl (C=O) groups excluding carboxylic acids is 1. The number of hydrogen-bond donors (Lipinski definition) is 0. The van der Waals surface area contributed by atoms with Crippen molar-refractivity contribution >= 4 is 29.2 Å². The first-order valence-corrected chi connectivity index (χ1v) is 9.94. The number of halogens is 4. The van der Waals surface area contributed by atoms with Gasteiger partial charge in [-0.2, -0.15) is 8.78 Å². The minimum atomic E-state index is -3.21. The van der Waals surface area contributed by atoms with Crippen LogP contribution in [-0.2, 0) is 14.3 Å². The number of rotatable bonds is 5. The molecule has 3 rings (SSSR count). The first-order valence-electron chi connectivity index (χ1n) is 9.13. The molecule has 8 heteroatoms. The van der Waals surface area contributed by atoms with E-state index in [1.807, 2.05) is 6.92 Å². The maximum absolute atomic E-state index is 13.2. The summed E-state index contributed by atoms with van der Waals surface area (Å²) in [4.78, 5) is 14.2. The van der Waals surface area contributed by atoms with Crippen LogP contribution in [0.4, 0.5) is 8.78 Å². The van der Waals surface area contributed by atoms with E-state index in [1.54, 1.807) is 18.2 Å². The number of allylic oxidation sites excluding steroid dienone is 2. The van der Waals surface area contributed by atoms with Gasteiger partial charge in [-0.1, -0.05) is 23.3 Å². The van der Waals surface area contributed by atoms with E-state index in [0.29, 0.717) is 23.6 Å². The number of likely N-dealkylation sites (tertiary alicyclic amines) is 1. The van der Waals surface area contributed by atoms with Crippen molar-refractivity contribution in [2.45, 2.75) is 44.2 Å². The fraction of sp³-hybridized carbons (Fsp3) is 0.550. The SMILES string of the molecule is COC(=O)C1=CCC(Cl)C(CN2CCC3C=C(OC(C)(F)F)C=C(C)C32)=C1Cl. The molecule has 0 radical (unpaired) electrons. The maximum Gasteiger partial charge on any atom is 0.394 e. The number of fused-ring (bicyclic) bond motifs is 1. The second-order valence-electron chi connectivity index (χ2n) is 7.39. The predicted molar refractivity (Wildman–Crippen MR) is 104 cm³/mol. The van der Waals surface area contributed by atoms with Gasteiger partial charge in [-0.25, -0.2) is 4.79 Å². The summed E-state index contributed by atoms with van der Waals surface area (Å²) in [6.07, 6.45) is 3.23. The molecule has 3 atom stereocenters. The summed E-state index contributed by atoms with van der Waals surface area (Å²) in [5, 5.41) is 0.0326. The highest BCUT2D eigenvalue weighted by molar-refractivity contribution is 6.36. The molecule has 0 spiro atoms. The molecule has 0 saturated carbocycles. The fourth-order valence-electron chi connectivity index (χ4n) is 4.13. The second kappa shape index (κ2) is 8.17. The molecule has 1 fully saturated rings. The molecule has 0 N–H and O–H groups in total. The zero-order valence-corrected chi connectivity index (χ0v) is 17.5. The Bertz CT molecular complexity index is 783. The smallest absolute Gasteiger partial charge is 0.394 e.